The first-order valence-electron chi connectivity index (χ1n) is 10.6. The van der Waals surface area contributed by atoms with Crippen LogP contribution in [0.4, 0.5) is 5.82 Å². The Morgan fingerprint density at radius 3 is 2.44 bits per heavy atom. The van der Waals surface area contributed by atoms with Crippen LogP contribution in [0.3, 0.4) is 0 Å². The SMILES string of the molecule is CC(C)(C)c1cc(N2CC3CN(CCN4CCCOCC4)CC3C2)ncn1. The lowest BCUT2D eigenvalue weighted by molar-refractivity contribution is 0.139. The predicted octanol–water partition coefficient (Wildman–Crippen LogP) is 1.86. The van der Waals surface area contributed by atoms with Gasteiger partial charge in [0.25, 0.3) is 0 Å². The molecule has 0 spiro atoms. The molecule has 0 N–H and O–H groups in total. The Bertz CT molecular complexity index is 609. The number of aromatic nitrogens is 2. The van der Waals surface area contributed by atoms with Crippen LogP contribution in [0.25, 0.3) is 0 Å². The number of rotatable bonds is 4. The molecule has 0 radical (unpaired) electrons. The minimum absolute atomic E-state index is 0.0719. The second-order valence-electron chi connectivity index (χ2n) is 9.50. The van der Waals surface area contributed by atoms with Crippen LogP contribution in [0.2, 0.25) is 0 Å². The molecule has 3 fully saturated rings. The second kappa shape index (κ2) is 8.02. The number of ether oxygens (including phenoxy) is 1. The van der Waals surface area contributed by atoms with E-state index in [4.69, 9.17) is 4.74 Å². The number of likely N-dealkylation sites (tertiary alicyclic amines) is 1. The Kier molecular flexibility index (Phi) is 5.67. The average molecular weight is 374 g/mol. The standard InChI is InChI=1S/C21H35N5O/c1-21(2,3)19-11-20(23-16-22-19)26-14-17-12-25(13-18(17)15-26)7-6-24-5-4-9-27-10-8-24/h11,16-18H,4-10,12-15H2,1-3H3. The highest BCUT2D eigenvalue weighted by molar-refractivity contribution is 5.42. The van der Waals surface area contributed by atoms with Gasteiger partial charge in [-0.15, -0.1) is 0 Å². The van der Waals surface area contributed by atoms with Crippen LogP contribution < -0.4 is 4.90 Å². The van der Waals surface area contributed by atoms with E-state index in [1.165, 1.54) is 39.1 Å². The zero-order valence-electron chi connectivity index (χ0n) is 17.2. The van der Waals surface area contributed by atoms with Crippen molar-refractivity contribution < 1.29 is 4.74 Å². The van der Waals surface area contributed by atoms with Crippen LogP contribution in [-0.2, 0) is 10.2 Å². The van der Waals surface area contributed by atoms with Crippen LogP contribution in [-0.4, -0.2) is 85.3 Å². The summed E-state index contributed by atoms with van der Waals surface area (Å²) in [5, 5.41) is 0. The lowest BCUT2D eigenvalue weighted by atomic mass is 9.92. The predicted molar refractivity (Wildman–Crippen MR) is 108 cm³/mol. The minimum Gasteiger partial charge on any atom is -0.380 e. The van der Waals surface area contributed by atoms with Gasteiger partial charge < -0.3 is 14.5 Å². The summed E-state index contributed by atoms with van der Waals surface area (Å²) in [6.07, 6.45) is 2.91. The maximum absolute atomic E-state index is 5.57. The molecular weight excluding hydrogens is 338 g/mol. The van der Waals surface area contributed by atoms with E-state index in [1.54, 1.807) is 6.33 Å². The molecule has 1 aromatic heterocycles. The van der Waals surface area contributed by atoms with E-state index in [2.05, 4.69) is 51.5 Å². The molecule has 3 aliphatic heterocycles. The molecule has 0 aliphatic carbocycles. The molecule has 2 atom stereocenters. The van der Waals surface area contributed by atoms with Crippen molar-refractivity contribution in [2.24, 2.45) is 11.8 Å². The van der Waals surface area contributed by atoms with Gasteiger partial charge in [0.1, 0.15) is 12.1 Å². The fraction of sp³-hybridized carbons (Fsp3) is 0.810. The van der Waals surface area contributed by atoms with Gasteiger partial charge in [0, 0.05) is 70.4 Å². The zero-order valence-corrected chi connectivity index (χ0v) is 17.2. The number of hydrogen-bond donors (Lipinski definition) is 0. The van der Waals surface area contributed by atoms with E-state index in [0.29, 0.717) is 0 Å². The number of hydrogen-bond acceptors (Lipinski definition) is 6. The molecule has 6 heteroatoms. The summed E-state index contributed by atoms with van der Waals surface area (Å²) in [6, 6.07) is 2.19. The third-order valence-corrected chi connectivity index (χ3v) is 6.35. The van der Waals surface area contributed by atoms with Gasteiger partial charge in [-0.3, -0.25) is 4.90 Å². The van der Waals surface area contributed by atoms with Crippen molar-refractivity contribution in [2.45, 2.75) is 32.6 Å². The molecule has 0 bridgehead atoms. The molecule has 2 unspecified atom stereocenters. The van der Waals surface area contributed by atoms with Crippen LogP contribution >= 0.6 is 0 Å². The molecular formula is C21H35N5O. The van der Waals surface area contributed by atoms with E-state index in [-0.39, 0.29) is 5.41 Å². The van der Waals surface area contributed by atoms with Gasteiger partial charge in [0.2, 0.25) is 0 Å². The molecule has 1 aromatic rings. The Balaban J connectivity index is 1.28. The first-order chi connectivity index (χ1) is 13.0. The molecule has 0 saturated carbocycles. The summed E-state index contributed by atoms with van der Waals surface area (Å²) in [5.74, 6) is 2.68. The van der Waals surface area contributed by atoms with Gasteiger partial charge in [0.15, 0.2) is 0 Å². The van der Waals surface area contributed by atoms with E-state index < -0.39 is 0 Å². The zero-order chi connectivity index (χ0) is 18.9. The monoisotopic (exact) mass is 373 g/mol. The summed E-state index contributed by atoms with van der Waals surface area (Å²) in [4.78, 5) is 16.8. The summed E-state index contributed by atoms with van der Waals surface area (Å²) >= 11 is 0. The van der Waals surface area contributed by atoms with Crippen molar-refractivity contribution in [1.82, 2.24) is 19.8 Å². The Morgan fingerprint density at radius 2 is 1.70 bits per heavy atom. The minimum atomic E-state index is 0.0719. The van der Waals surface area contributed by atoms with E-state index in [1.807, 2.05) is 0 Å². The van der Waals surface area contributed by atoms with Crippen LogP contribution in [0.1, 0.15) is 32.9 Å². The van der Waals surface area contributed by atoms with Crippen LogP contribution in [0, 0.1) is 11.8 Å². The Labute approximate surface area is 163 Å². The first-order valence-corrected chi connectivity index (χ1v) is 10.6. The largest absolute Gasteiger partial charge is 0.380 e. The summed E-state index contributed by atoms with van der Waals surface area (Å²) in [7, 11) is 0. The lowest BCUT2D eigenvalue weighted by Crippen LogP contribution is -2.37. The van der Waals surface area contributed by atoms with E-state index in [9.17, 15) is 0 Å². The van der Waals surface area contributed by atoms with Crippen molar-refractivity contribution >= 4 is 5.82 Å². The van der Waals surface area contributed by atoms with Crippen LogP contribution in [0.15, 0.2) is 12.4 Å². The fourth-order valence-corrected chi connectivity index (χ4v) is 4.69. The summed E-state index contributed by atoms with van der Waals surface area (Å²) in [5.41, 5.74) is 1.20. The van der Waals surface area contributed by atoms with Crippen LogP contribution in [0.5, 0.6) is 0 Å². The van der Waals surface area contributed by atoms with E-state index >= 15 is 0 Å². The Morgan fingerprint density at radius 1 is 0.963 bits per heavy atom. The number of fused-ring (bicyclic) bond motifs is 1. The summed E-state index contributed by atoms with van der Waals surface area (Å²) < 4.78 is 5.57. The third-order valence-electron chi connectivity index (χ3n) is 6.35. The van der Waals surface area contributed by atoms with Gasteiger partial charge in [0.05, 0.1) is 12.3 Å². The topological polar surface area (TPSA) is 44.7 Å². The molecule has 150 valence electrons. The van der Waals surface area contributed by atoms with Gasteiger partial charge in [-0.25, -0.2) is 9.97 Å². The fourth-order valence-electron chi connectivity index (χ4n) is 4.69. The normalized spacial score (nSPS) is 27.7. The van der Waals surface area contributed by atoms with E-state index in [0.717, 1.165) is 56.2 Å². The van der Waals surface area contributed by atoms with Crippen molar-refractivity contribution in [3.63, 3.8) is 0 Å². The maximum atomic E-state index is 5.57. The molecule has 6 nitrogen and oxygen atoms in total. The molecule has 0 amide bonds. The van der Waals surface area contributed by atoms with Crippen molar-refractivity contribution in [2.75, 3.05) is 70.5 Å². The number of nitrogens with zero attached hydrogens (tertiary/aromatic N) is 5. The first kappa shape index (κ1) is 19.1. The highest BCUT2D eigenvalue weighted by Crippen LogP contribution is 2.34. The lowest BCUT2D eigenvalue weighted by Gasteiger charge is -2.26. The van der Waals surface area contributed by atoms with Gasteiger partial charge in [-0.2, -0.15) is 0 Å². The highest BCUT2D eigenvalue weighted by Gasteiger charge is 2.40. The molecule has 4 rings (SSSR count). The van der Waals surface area contributed by atoms with Crippen molar-refractivity contribution in [1.29, 1.82) is 0 Å². The molecule has 3 saturated heterocycles. The third kappa shape index (κ3) is 4.61. The highest BCUT2D eigenvalue weighted by atomic mass is 16.5. The molecule has 0 aromatic carbocycles. The molecule has 27 heavy (non-hydrogen) atoms. The maximum Gasteiger partial charge on any atom is 0.132 e. The van der Waals surface area contributed by atoms with Crippen molar-refractivity contribution in [3.8, 4) is 0 Å². The molecule has 3 aliphatic rings. The Hall–Kier alpha value is -1.24. The number of anilines is 1. The quantitative estimate of drug-likeness (QED) is 0.803. The van der Waals surface area contributed by atoms with Crippen molar-refractivity contribution in [3.05, 3.63) is 18.1 Å². The summed E-state index contributed by atoms with van der Waals surface area (Å²) in [6.45, 7) is 17.9. The van der Waals surface area contributed by atoms with Gasteiger partial charge in [-0.05, 0) is 18.3 Å². The molecule has 4 heterocycles. The van der Waals surface area contributed by atoms with Gasteiger partial charge >= 0.3 is 0 Å². The van der Waals surface area contributed by atoms with Gasteiger partial charge in [-0.1, -0.05) is 20.8 Å². The second-order valence-corrected chi connectivity index (χ2v) is 9.50. The average Bonchev–Trinajstić information content (AvgIpc) is 3.08. The smallest absolute Gasteiger partial charge is 0.132 e.